The fraction of sp³-hybridized carbons (Fsp3) is 0.846. The van der Waals surface area contributed by atoms with E-state index in [1.165, 1.54) is 0 Å². The molecule has 0 saturated heterocycles. The average molecular weight is 208 g/mol. The monoisotopic (exact) mass is 208 g/mol. The molecule has 0 unspecified atom stereocenters. The third-order valence-corrected chi connectivity index (χ3v) is 4.26. The molecule has 2 heteroatoms. The number of carbonyl (C=O) groups is 2. The second-order valence-corrected chi connectivity index (χ2v) is 5.88. The van der Waals surface area contributed by atoms with Crippen molar-refractivity contribution in [2.24, 2.45) is 23.2 Å². The van der Waals surface area contributed by atoms with Crippen LogP contribution in [0.2, 0.25) is 0 Å². The molecule has 0 aromatic rings. The average Bonchev–Trinajstić information content (AvgIpc) is 1.97. The predicted molar refractivity (Wildman–Crippen MR) is 58.4 cm³/mol. The maximum absolute atomic E-state index is 11.7. The summed E-state index contributed by atoms with van der Waals surface area (Å²) < 4.78 is 0. The van der Waals surface area contributed by atoms with Crippen molar-refractivity contribution in [3.63, 3.8) is 0 Å². The molecule has 0 heterocycles. The zero-order chi connectivity index (χ0) is 11.2. The molecule has 2 rings (SSSR count). The summed E-state index contributed by atoms with van der Waals surface area (Å²) in [6, 6.07) is 0. The summed E-state index contributed by atoms with van der Waals surface area (Å²) in [5, 5.41) is 0. The van der Waals surface area contributed by atoms with Crippen LogP contribution < -0.4 is 0 Å². The summed E-state index contributed by atoms with van der Waals surface area (Å²) in [6.45, 7) is 5.64. The number of carbonyl (C=O) groups excluding carboxylic acids is 2. The Hall–Kier alpha value is -0.660. The molecule has 0 aliphatic heterocycles. The van der Waals surface area contributed by atoms with Crippen LogP contribution in [-0.2, 0) is 9.59 Å². The van der Waals surface area contributed by atoms with Gasteiger partial charge in [0.25, 0.3) is 0 Å². The van der Waals surface area contributed by atoms with Gasteiger partial charge >= 0.3 is 0 Å². The predicted octanol–water partition coefficient (Wildman–Crippen LogP) is 2.61. The topological polar surface area (TPSA) is 34.1 Å². The Bertz CT molecular complexity index is 290. The molecule has 2 aliphatic rings. The normalized spacial score (nSPS) is 38.7. The Morgan fingerprint density at radius 3 is 1.93 bits per heavy atom. The molecule has 84 valence electrons. The molecule has 0 amide bonds. The van der Waals surface area contributed by atoms with Gasteiger partial charge in [0.1, 0.15) is 11.6 Å². The van der Waals surface area contributed by atoms with Gasteiger partial charge < -0.3 is 0 Å². The lowest BCUT2D eigenvalue weighted by atomic mass is 9.46. The Balaban J connectivity index is 1.80. The van der Waals surface area contributed by atoms with E-state index < -0.39 is 0 Å². The van der Waals surface area contributed by atoms with Crippen LogP contribution >= 0.6 is 0 Å². The van der Waals surface area contributed by atoms with Gasteiger partial charge in [0, 0.05) is 17.8 Å². The van der Waals surface area contributed by atoms with Crippen molar-refractivity contribution in [2.75, 3.05) is 0 Å². The van der Waals surface area contributed by atoms with Crippen LogP contribution in [0.5, 0.6) is 0 Å². The molecule has 2 fully saturated rings. The first-order valence-electron chi connectivity index (χ1n) is 5.98. The smallest absolute Gasteiger partial charge is 0.138 e. The van der Waals surface area contributed by atoms with Crippen LogP contribution in [0.15, 0.2) is 0 Å². The third-order valence-electron chi connectivity index (χ3n) is 4.26. The Morgan fingerprint density at radius 2 is 1.53 bits per heavy atom. The fourth-order valence-electron chi connectivity index (χ4n) is 3.26. The molecular formula is C13H20O2. The number of ketones is 2. The molecule has 0 radical (unpaired) electrons. The van der Waals surface area contributed by atoms with Gasteiger partial charge in [0.05, 0.1) is 0 Å². The number of hydrogen-bond acceptors (Lipinski definition) is 2. The minimum absolute atomic E-state index is 0.177. The molecule has 0 atom stereocenters. The lowest BCUT2D eigenvalue weighted by molar-refractivity contribution is -0.147. The van der Waals surface area contributed by atoms with E-state index in [2.05, 4.69) is 0 Å². The fourth-order valence-corrected chi connectivity index (χ4v) is 3.26. The largest absolute Gasteiger partial charge is 0.300 e. The molecule has 2 nitrogen and oxygen atoms in total. The second kappa shape index (κ2) is 3.43. The quantitative estimate of drug-likeness (QED) is 0.714. The summed E-state index contributed by atoms with van der Waals surface area (Å²) >= 11 is 0. The van der Waals surface area contributed by atoms with Gasteiger partial charge in [-0.15, -0.1) is 0 Å². The van der Waals surface area contributed by atoms with E-state index in [1.807, 2.05) is 13.8 Å². The van der Waals surface area contributed by atoms with Crippen molar-refractivity contribution >= 4 is 11.6 Å². The zero-order valence-electron chi connectivity index (χ0n) is 9.88. The standard InChI is InChI=1S/C13H20O2/c1-8(2)12(15)11-6-13(7-11)4-10(5-13)9(3)14/h8,10-11H,4-7H2,1-3H3. The van der Waals surface area contributed by atoms with E-state index in [-0.39, 0.29) is 5.92 Å². The maximum Gasteiger partial charge on any atom is 0.138 e. The SMILES string of the molecule is CC(=O)C1CC2(C1)CC(C(=O)C(C)C)C2. The minimum Gasteiger partial charge on any atom is -0.300 e. The summed E-state index contributed by atoms with van der Waals surface area (Å²) in [7, 11) is 0. The van der Waals surface area contributed by atoms with Crippen LogP contribution in [0.1, 0.15) is 46.5 Å². The highest BCUT2D eigenvalue weighted by Gasteiger charge is 2.55. The third kappa shape index (κ3) is 1.75. The van der Waals surface area contributed by atoms with Crippen molar-refractivity contribution in [3.05, 3.63) is 0 Å². The first-order valence-corrected chi connectivity index (χ1v) is 5.98. The van der Waals surface area contributed by atoms with Gasteiger partial charge in [0.2, 0.25) is 0 Å². The van der Waals surface area contributed by atoms with Crippen LogP contribution in [0, 0.1) is 23.2 Å². The molecule has 2 aliphatic carbocycles. The highest BCUT2D eigenvalue weighted by atomic mass is 16.1. The Kier molecular flexibility index (Phi) is 2.48. The summed E-state index contributed by atoms with van der Waals surface area (Å²) in [4.78, 5) is 22.8. The second-order valence-electron chi connectivity index (χ2n) is 5.88. The van der Waals surface area contributed by atoms with E-state index in [0.29, 0.717) is 28.8 Å². The molecule has 0 bridgehead atoms. The van der Waals surface area contributed by atoms with Gasteiger partial charge in [-0.2, -0.15) is 0 Å². The summed E-state index contributed by atoms with van der Waals surface area (Å²) in [5.41, 5.74) is 0.394. The van der Waals surface area contributed by atoms with Crippen molar-refractivity contribution < 1.29 is 9.59 Å². The van der Waals surface area contributed by atoms with Gasteiger partial charge in [-0.25, -0.2) is 0 Å². The van der Waals surface area contributed by atoms with Crippen LogP contribution in [0.25, 0.3) is 0 Å². The van der Waals surface area contributed by atoms with E-state index in [0.717, 1.165) is 25.7 Å². The van der Waals surface area contributed by atoms with Gasteiger partial charge in [-0.1, -0.05) is 13.8 Å². The van der Waals surface area contributed by atoms with E-state index in [9.17, 15) is 9.59 Å². The summed E-state index contributed by atoms with van der Waals surface area (Å²) in [6.07, 6.45) is 4.19. The van der Waals surface area contributed by atoms with E-state index in [1.54, 1.807) is 6.92 Å². The van der Waals surface area contributed by atoms with E-state index in [4.69, 9.17) is 0 Å². The number of rotatable bonds is 3. The molecule has 15 heavy (non-hydrogen) atoms. The first-order chi connectivity index (χ1) is 6.93. The van der Waals surface area contributed by atoms with Crippen molar-refractivity contribution in [1.82, 2.24) is 0 Å². The Labute approximate surface area is 91.4 Å². The van der Waals surface area contributed by atoms with Gasteiger partial charge in [-0.3, -0.25) is 9.59 Å². The molecular weight excluding hydrogens is 188 g/mol. The van der Waals surface area contributed by atoms with Crippen molar-refractivity contribution in [2.45, 2.75) is 46.5 Å². The highest BCUT2D eigenvalue weighted by molar-refractivity contribution is 5.84. The number of hydrogen-bond donors (Lipinski definition) is 0. The molecule has 0 aromatic heterocycles. The Morgan fingerprint density at radius 1 is 1.07 bits per heavy atom. The van der Waals surface area contributed by atoms with Crippen LogP contribution in [-0.4, -0.2) is 11.6 Å². The number of Topliss-reactive ketones (excluding diaryl/α,β-unsaturated/α-hetero) is 2. The van der Waals surface area contributed by atoms with E-state index >= 15 is 0 Å². The maximum atomic E-state index is 11.7. The molecule has 0 aromatic carbocycles. The van der Waals surface area contributed by atoms with Gasteiger partial charge in [-0.05, 0) is 38.0 Å². The molecule has 2 saturated carbocycles. The van der Waals surface area contributed by atoms with Crippen LogP contribution in [0.4, 0.5) is 0 Å². The van der Waals surface area contributed by atoms with Crippen LogP contribution in [0.3, 0.4) is 0 Å². The first kappa shape index (κ1) is 10.8. The highest BCUT2D eigenvalue weighted by Crippen LogP contribution is 2.61. The zero-order valence-corrected chi connectivity index (χ0v) is 9.88. The van der Waals surface area contributed by atoms with Crippen molar-refractivity contribution in [3.8, 4) is 0 Å². The molecule has 0 N–H and O–H groups in total. The lowest BCUT2D eigenvalue weighted by Gasteiger charge is -2.57. The lowest BCUT2D eigenvalue weighted by Crippen LogP contribution is -2.51. The van der Waals surface area contributed by atoms with Crippen molar-refractivity contribution in [1.29, 1.82) is 0 Å². The molecule has 1 spiro atoms. The van der Waals surface area contributed by atoms with Gasteiger partial charge in [0.15, 0.2) is 0 Å². The minimum atomic E-state index is 0.177. The summed E-state index contributed by atoms with van der Waals surface area (Å²) in [5.74, 6) is 1.54.